The molecule has 0 aliphatic carbocycles. The highest BCUT2D eigenvalue weighted by Gasteiger charge is 2.04. The minimum absolute atomic E-state index is 0.0432. The molecule has 2 rings (SSSR count). The molecule has 2 aromatic carbocycles. The van der Waals surface area contributed by atoms with Gasteiger partial charge in [-0.2, -0.15) is 0 Å². The lowest BCUT2D eigenvalue weighted by atomic mass is 10.3. The van der Waals surface area contributed by atoms with Gasteiger partial charge in [-0.1, -0.05) is 18.2 Å². The standard InChI is InChI=1S/C16H17NO5/c18-17(19)14-6-8-16(9-7-14)22-13-11-20-10-12-21-15-4-2-1-3-5-15/h1-9H,10-13H2. The molecule has 0 fully saturated rings. The minimum Gasteiger partial charge on any atom is -0.491 e. The van der Waals surface area contributed by atoms with Crippen LogP contribution in [-0.4, -0.2) is 31.4 Å². The highest BCUT2D eigenvalue weighted by atomic mass is 16.6. The van der Waals surface area contributed by atoms with Crippen molar-refractivity contribution in [2.24, 2.45) is 0 Å². The summed E-state index contributed by atoms with van der Waals surface area (Å²) in [5.74, 6) is 1.39. The maximum absolute atomic E-state index is 10.5. The van der Waals surface area contributed by atoms with Gasteiger partial charge in [0, 0.05) is 12.1 Å². The van der Waals surface area contributed by atoms with Crippen LogP contribution in [0.4, 0.5) is 5.69 Å². The zero-order chi connectivity index (χ0) is 15.6. The minimum atomic E-state index is -0.445. The molecule has 0 saturated heterocycles. The molecule has 0 N–H and O–H groups in total. The monoisotopic (exact) mass is 303 g/mol. The fraction of sp³-hybridized carbons (Fsp3) is 0.250. The molecule has 0 aromatic heterocycles. The SMILES string of the molecule is O=[N+]([O-])c1ccc(OCCOCCOc2ccccc2)cc1. The van der Waals surface area contributed by atoms with E-state index in [0.29, 0.717) is 32.2 Å². The van der Waals surface area contributed by atoms with Crippen molar-refractivity contribution in [2.75, 3.05) is 26.4 Å². The smallest absolute Gasteiger partial charge is 0.269 e. The van der Waals surface area contributed by atoms with E-state index in [9.17, 15) is 10.1 Å². The molecule has 0 saturated carbocycles. The molecule has 116 valence electrons. The predicted molar refractivity (Wildman–Crippen MR) is 81.3 cm³/mol. The first-order valence-corrected chi connectivity index (χ1v) is 6.88. The third-order valence-electron chi connectivity index (χ3n) is 2.78. The zero-order valence-corrected chi connectivity index (χ0v) is 12.0. The van der Waals surface area contributed by atoms with E-state index < -0.39 is 4.92 Å². The summed E-state index contributed by atoms with van der Waals surface area (Å²) in [5.41, 5.74) is 0.0432. The van der Waals surface area contributed by atoms with Crippen LogP contribution in [-0.2, 0) is 4.74 Å². The van der Waals surface area contributed by atoms with Crippen LogP contribution in [0, 0.1) is 10.1 Å². The summed E-state index contributed by atoms with van der Waals surface area (Å²) < 4.78 is 16.3. The lowest BCUT2D eigenvalue weighted by molar-refractivity contribution is -0.384. The van der Waals surface area contributed by atoms with Crippen molar-refractivity contribution < 1.29 is 19.1 Å². The van der Waals surface area contributed by atoms with E-state index in [1.807, 2.05) is 30.3 Å². The van der Waals surface area contributed by atoms with Crippen LogP contribution in [0.2, 0.25) is 0 Å². The van der Waals surface area contributed by atoms with Crippen LogP contribution < -0.4 is 9.47 Å². The van der Waals surface area contributed by atoms with Crippen LogP contribution in [0.5, 0.6) is 11.5 Å². The Hall–Kier alpha value is -2.60. The third kappa shape index (κ3) is 5.41. The van der Waals surface area contributed by atoms with Gasteiger partial charge in [-0.15, -0.1) is 0 Å². The van der Waals surface area contributed by atoms with Gasteiger partial charge in [0.25, 0.3) is 5.69 Å². The molecule has 0 aliphatic heterocycles. The number of ether oxygens (including phenoxy) is 3. The van der Waals surface area contributed by atoms with Crippen molar-refractivity contribution in [1.29, 1.82) is 0 Å². The number of hydrogen-bond donors (Lipinski definition) is 0. The average molecular weight is 303 g/mol. The molecular formula is C16H17NO5. The number of nitrogens with zero attached hydrogens (tertiary/aromatic N) is 1. The molecular weight excluding hydrogens is 286 g/mol. The topological polar surface area (TPSA) is 70.8 Å². The molecule has 0 atom stereocenters. The summed E-state index contributed by atoms with van der Waals surface area (Å²) in [6.45, 7) is 1.75. The summed E-state index contributed by atoms with van der Waals surface area (Å²) in [4.78, 5) is 10.1. The van der Waals surface area contributed by atoms with Crippen LogP contribution in [0.25, 0.3) is 0 Å². The number of hydrogen-bond acceptors (Lipinski definition) is 5. The molecule has 6 nitrogen and oxygen atoms in total. The lowest BCUT2D eigenvalue weighted by Crippen LogP contribution is -2.12. The molecule has 6 heteroatoms. The fourth-order valence-corrected chi connectivity index (χ4v) is 1.72. The van der Waals surface area contributed by atoms with Crippen molar-refractivity contribution in [3.05, 3.63) is 64.7 Å². The normalized spacial score (nSPS) is 10.2. The maximum Gasteiger partial charge on any atom is 0.269 e. The van der Waals surface area contributed by atoms with Gasteiger partial charge in [0.15, 0.2) is 0 Å². The van der Waals surface area contributed by atoms with E-state index in [2.05, 4.69) is 0 Å². The summed E-state index contributed by atoms with van der Waals surface area (Å²) in [6, 6.07) is 15.5. The van der Waals surface area contributed by atoms with E-state index in [0.717, 1.165) is 5.75 Å². The average Bonchev–Trinajstić information content (AvgIpc) is 2.55. The Morgan fingerprint density at radius 1 is 0.773 bits per heavy atom. The first-order valence-electron chi connectivity index (χ1n) is 6.88. The van der Waals surface area contributed by atoms with Crippen LogP contribution in [0.1, 0.15) is 0 Å². The summed E-state index contributed by atoms with van der Waals surface area (Å²) in [5, 5.41) is 10.5. The number of rotatable bonds is 9. The van der Waals surface area contributed by atoms with E-state index in [-0.39, 0.29) is 5.69 Å². The second-order valence-electron chi connectivity index (χ2n) is 4.37. The van der Waals surface area contributed by atoms with Crippen molar-refractivity contribution in [1.82, 2.24) is 0 Å². The van der Waals surface area contributed by atoms with Gasteiger partial charge < -0.3 is 14.2 Å². The number of non-ortho nitro benzene ring substituents is 1. The maximum atomic E-state index is 10.5. The molecule has 2 aromatic rings. The lowest BCUT2D eigenvalue weighted by Gasteiger charge is -2.08. The molecule has 0 heterocycles. The summed E-state index contributed by atoms with van der Waals surface area (Å²) in [6.07, 6.45) is 0. The van der Waals surface area contributed by atoms with Crippen LogP contribution >= 0.6 is 0 Å². The summed E-state index contributed by atoms with van der Waals surface area (Å²) in [7, 11) is 0. The molecule has 0 unspecified atom stereocenters. The largest absolute Gasteiger partial charge is 0.491 e. The van der Waals surface area contributed by atoms with Gasteiger partial charge in [0.2, 0.25) is 0 Å². The number of para-hydroxylation sites is 1. The highest BCUT2D eigenvalue weighted by Crippen LogP contribution is 2.17. The van der Waals surface area contributed by atoms with Gasteiger partial charge in [-0.25, -0.2) is 0 Å². The zero-order valence-electron chi connectivity index (χ0n) is 12.0. The number of benzene rings is 2. The first kappa shape index (κ1) is 15.8. The van der Waals surface area contributed by atoms with E-state index >= 15 is 0 Å². The van der Waals surface area contributed by atoms with Gasteiger partial charge >= 0.3 is 0 Å². The Bertz CT molecular complexity index is 571. The number of nitro groups is 1. The van der Waals surface area contributed by atoms with Crippen molar-refractivity contribution in [2.45, 2.75) is 0 Å². The van der Waals surface area contributed by atoms with Gasteiger partial charge in [-0.05, 0) is 24.3 Å². The van der Waals surface area contributed by atoms with Crippen molar-refractivity contribution in [3.8, 4) is 11.5 Å². The first-order chi connectivity index (χ1) is 10.8. The molecule has 0 amide bonds. The number of nitro benzene ring substituents is 1. The highest BCUT2D eigenvalue weighted by molar-refractivity contribution is 5.35. The molecule has 0 bridgehead atoms. The van der Waals surface area contributed by atoms with E-state index in [1.165, 1.54) is 12.1 Å². The molecule has 22 heavy (non-hydrogen) atoms. The summed E-state index contributed by atoms with van der Waals surface area (Å²) >= 11 is 0. The fourth-order valence-electron chi connectivity index (χ4n) is 1.72. The van der Waals surface area contributed by atoms with Crippen molar-refractivity contribution >= 4 is 5.69 Å². The molecule has 0 radical (unpaired) electrons. The van der Waals surface area contributed by atoms with Gasteiger partial charge in [0.05, 0.1) is 18.1 Å². The van der Waals surface area contributed by atoms with Crippen LogP contribution in [0.15, 0.2) is 54.6 Å². The Morgan fingerprint density at radius 2 is 1.32 bits per heavy atom. The quantitative estimate of drug-likeness (QED) is 0.404. The van der Waals surface area contributed by atoms with Crippen LogP contribution in [0.3, 0.4) is 0 Å². The Kier molecular flexibility index (Phi) is 6.19. The van der Waals surface area contributed by atoms with Crippen molar-refractivity contribution in [3.63, 3.8) is 0 Å². The third-order valence-corrected chi connectivity index (χ3v) is 2.78. The van der Waals surface area contributed by atoms with E-state index in [4.69, 9.17) is 14.2 Å². The van der Waals surface area contributed by atoms with Gasteiger partial charge in [-0.3, -0.25) is 10.1 Å². The van der Waals surface area contributed by atoms with Gasteiger partial charge in [0.1, 0.15) is 24.7 Å². The predicted octanol–water partition coefficient (Wildman–Crippen LogP) is 3.07. The Labute approximate surface area is 128 Å². The Balaban J connectivity index is 1.55. The second-order valence-corrected chi connectivity index (χ2v) is 4.37. The van der Waals surface area contributed by atoms with E-state index in [1.54, 1.807) is 12.1 Å². The molecule has 0 aliphatic rings. The second kappa shape index (κ2) is 8.63. The molecule has 0 spiro atoms. The Morgan fingerprint density at radius 3 is 1.86 bits per heavy atom.